The number of amides is 3. The lowest BCUT2D eigenvalue weighted by atomic mass is 10.2. The molecule has 0 rings (SSSR count). The van der Waals surface area contributed by atoms with Gasteiger partial charge in [0, 0.05) is 6.54 Å². The van der Waals surface area contributed by atoms with Crippen LogP contribution in [0.4, 0.5) is 9.59 Å². The lowest BCUT2D eigenvalue weighted by Gasteiger charge is -2.26. The average Bonchev–Trinajstić information content (AvgIpc) is 2.33. The third kappa shape index (κ3) is 8.32. The topological polar surface area (TPSA) is 108 Å². The first-order chi connectivity index (χ1) is 9.31. The van der Waals surface area contributed by atoms with Gasteiger partial charge < -0.3 is 15.8 Å². The monoisotopic (exact) mass is 284 g/mol. The van der Waals surface area contributed by atoms with Crippen molar-refractivity contribution < 1.29 is 14.3 Å². The van der Waals surface area contributed by atoms with Crippen molar-refractivity contribution in [3.8, 4) is 6.07 Å². The Morgan fingerprint density at radius 3 is 2.45 bits per heavy atom. The minimum atomic E-state index is -0.708. The van der Waals surface area contributed by atoms with Gasteiger partial charge in [0.05, 0.1) is 6.07 Å². The fraction of sp³-hybridized carbons (Fsp3) is 0.769. The Hall–Kier alpha value is -1.81. The molecule has 114 valence electrons. The second-order valence-corrected chi connectivity index (χ2v) is 5.30. The van der Waals surface area contributed by atoms with E-state index in [0.717, 1.165) is 17.7 Å². The van der Waals surface area contributed by atoms with Crippen LogP contribution in [0.1, 0.15) is 40.0 Å². The van der Waals surface area contributed by atoms with E-state index in [1.807, 2.05) is 0 Å². The maximum Gasteiger partial charge on any atom is 0.418 e. The fourth-order valence-electron chi connectivity index (χ4n) is 1.39. The highest BCUT2D eigenvalue weighted by Gasteiger charge is 2.26. The fourth-order valence-corrected chi connectivity index (χ4v) is 1.39. The number of hydrogen-bond acceptors (Lipinski definition) is 5. The van der Waals surface area contributed by atoms with Gasteiger partial charge in [-0.1, -0.05) is 6.42 Å². The van der Waals surface area contributed by atoms with Gasteiger partial charge >= 0.3 is 12.1 Å². The van der Waals surface area contributed by atoms with E-state index < -0.39 is 17.7 Å². The lowest BCUT2D eigenvalue weighted by molar-refractivity contribution is 0.0319. The van der Waals surface area contributed by atoms with Crippen LogP contribution in [0.2, 0.25) is 0 Å². The highest BCUT2D eigenvalue weighted by atomic mass is 16.6. The van der Waals surface area contributed by atoms with E-state index in [-0.39, 0.29) is 13.1 Å². The van der Waals surface area contributed by atoms with Crippen LogP contribution >= 0.6 is 0 Å². The van der Waals surface area contributed by atoms with Crippen LogP contribution in [-0.2, 0) is 4.74 Å². The molecule has 20 heavy (non-hydrogen) atoms. The Labute approximate surface area is 120 Å². The van der Waals surface area contributed by atoms with Crippen molar-refractivity contribution in [2.45, 2.75) is 45.6 Å². The molecule has 0 atom stereocenters. The number of imide groups is 1. The zero-order valence-corrected chi connectivity index (χ0v) is 12.4. The molecule has 0 aliphatic carbocycles. The standard InChI is InChI=1S/C13H24N4O3/c1-13(2,3)20-12(19)17(10-6-4-5-7-14)11(18)16-9-8-15/h4-7,9-10,14H2,1-3H3,(H,16,18). The van der Waals surface area contributed by atoms with E-state index in [0.29, 0.717) is 13.0 Å². The molecular weight excluding hydrogens is 260 g/mol. The van der Waals surface area contributed by atoms with Crippen molar-refractivity contribution in [2.24, 2.45) is 5.73 Å². The Balaban J connectivity index is 4.56. The molecule has 0 aromatic heterocycles. The summed E-state index contributed by atoms with van der Waals surface area (Å²) in [5.74, 6) is 0. The van der Waals surface area contributed by atoms with Crippen LogP contribution < -0.4 is 11.1 Å². The van der Waals surface area contributed by atoms with E-state index in [9.17, 15) is 9.59 Å². The van der Waals surface area contributed by atoms with E-state index in [4.69, 9.17) is 15.7 Å². The van der Waals surface area contributed by atoms with Crippen molar-refractivity contribution in [3.63, 3.8) is 0 Å². The molecule has 3 amide bonds. The van der Waals surface area contributed by atoms with Gasteiger partial charge in [0.15, 0.2) is 0 Å². The molecule has 0 aromatic carbocycles. The summed E-state index contributed by atoms with van der Waals surface area (Å²) >= 11 is 0. The summed E-state index contributed by atoms with van der Waals surface area (Å²) < 4.78 is 5.18. The normalized spacial score (nSPS) is 10.6. The summed E-state index contributed by atoms with van der Waals surface area (Å²) in [6, 6.07) is 1.17. The number of hydrogen-bond donors (Lipinski definition) is 2. The first-order valence-electron chi connectivity index (χ1n) is 6.67. The Morgan fingerprint density at radius 1 is 1.30 bits per heavy atom. The van der Waals surface area contributed by atoms with Gasteiger partial charge in [-0.3, -0.25) is 0 Å². The predicted molar refractivity (Wildman–Crippen MR) is 74.9 cm³/mol. The average molecular weight is 284 g/mol. The minimum Gasteiger partial charge on any atom is -0.443 e. The van der Waals surface area contributed by atoms with E-state index in [2.05, 4.69) is 5.32 Å². The van der Waals surface area contributed by atoms with E-state index >= 15 is 0 Å². The first-order valence-corrected chi connectivity index (χ1v) is 6.67. The molecule has 0 saturated carbocycles. The predicted octanol–water partition coefficient (Wildman–Crippen LogP) is 1.59. The maximum atomic E-state index is 12.0. The van der Waals surface area contributed by atoms with Gasteiger partial charge in [0.2, 0.25) is 0 Å². The highest BCUT2D eigenvalue weighted by Crippen LogP contribution is 2.11. The van der Waals surface area contributed by atoms with Crippen LogP contribution in [-0.4, -0.2) is 42.3 Å². The first kappa shape index (κ1) is 18.2. The molecule has 7 nitrogen and oxygen atoms in total. The number of rotatable bonds is 6. The summed E-state index contributed by atoms with van der Waals surface area (Å²) in [4.78, 5) is 24.8. The number of nitriles is 1. The number of ether oxygens (including phenoxy) is 1. The number of carbonyl (C=O) groups excluding carboxylic acids is 2. The molecule has 0 saturated heterocycles. The number of carbonyl (C=O) groups is 2. The summed E-state index contributed by atoms with van der Waals surface area (Å²) in [6.45, 7) is 5.85. The Bertz CT molecular complexity index is 358. The van der Waals surface area contributed by atoms with Gasteiger partial charge in [-0.2, -0.15) is 5.26 Å². The summed E-state index contributed by atoms with van der Waals surface area (Å²) in [5.41, 5.74) is 4.71. The maximum absolute atomic E-state index is 12.0. The van der Waals surface area contributed by atoms with Gasteiger partial charge in [-0.15, -0.1) is 0 Å². The van der Waals surface area contributed by atoms with Gasteiger partial charge in [0.1, 0.15) is 12.1 Å². The number of urea groups is 1. The van der Waals surface area contributed by atoms with Crippen molar-refractivity contribution in [1.29, 1.82) is 5.26 Å². The molecule has 0 fully saturated rings. The zero-order chi connectivity index (χ0) is 15.6. The number of nitrogens with two attached hydrogens (primary N) is 1. The largest absolute Gasteiger partial charge is 0.443 e. The van der Waals surface area contributed by atoms with Crippen LogP contribution in [0.15, 0.2) is 0 Å². The molecule has 0 spiro atoms. The van der Waals surface area contributed by atoms with Crippen molar-refractivity contribution >= 4 is 12.1 Å². The molecule has 3 N–H and O–H groups in total. The second-order valence-electron chi connectivity index (χ2n) is 5.30. The highest BCUT2D eigenvalue weighted by molar-refractivity contribution is 5.91. The quantitative estimate of drug-likeness (QED) is 0.568. The summed E-state index contributed by atoms with van der Waals surface area (Å²) in [6.07, 6.45) is 1.60. The number of unbranched alkanes of at least 4 members (excludes halogenated alkanes) is 2. The smallest absolute Gasteiger partial charge is 0.418 e. The van der Waals surface area contributed by atoms with Crippen molar-refractivity contribution in [2.75, 3.05) is 19.6 Å². The molecule has 0 bridgehead atoms. The van der Waals surface area contributed by atoms with Gasteiger partial charge in [-0.05, 0) is 40.2 Å². The molecule has 0 aliphatic heterocycles. The number of nitrogens with zero attached hydrogens (tertiary/aromatic N) is 2. The minimum absolute atomic E-state index is 0.152. The SMILES string of the molecule is CC(C)(C)OC(=O)N(CCCCCN)C(=O)NCC#N. The zero-order valence-electron chi connectivity index (χ0n) is 12.4. The molecule has 0 aliphatic rings. The van der Waals surface area contributed by atoms with Crippen LogP contribution in [0.3, 0.4) is 0 Å². The van der Waals surface area contributed by atoms with E-state index in [1.54, 1.807) is 26.8 Å². The van der Waals surface area contributed by atoms with Gasteiger partial charge in [0.25, 0.3) is 0 Å². The van der Waals surface area contributed by atoms with Crippen molar-refractivity contribution in [1.82, 2.24) is 10.2 Å². The third-order valence-corrected chi connectivity index (χ3v) is 2.26. The molecule has 0 unspecified atom stereocenters. The lowest BCUT2D eigenvalue weighted by Crippen LogP contribution is -2.46. The molecule has 0 heterocycles. The number of nitrogens with one attached hydrogen (secondary N) is 1. The van der Waals surface area contributed by atoms with E-state index in [1.165, 1.54) is 0 Å². The van der Waals surface area contributed by atoms with Crippen LogP contribution in [0.25, 0.3) is 0 Å². The molecular formula is C13H24N4O3. The third-order valence-electron chi connectivity index (χ3n) is 2.26. The van der Waals surface area contributed by atoms with Crippen molar-refractivity contribution in [3.05, 3.63) is 0 Å². The van der Waals surface area contributed by atoms with Crippen LogP contribution in [0.5, 0.6) is 0 Å². The summed E-state index contributed by atoms with van der Waals surface area (Å²) in [7, 11) is 0. The molecule has 0 aromatic rings. The van der Waals surface area contributed by atoms with Crippen LogP contribution in [0, 0.1) is 11.3 Å². The Morgan fingerprint density at radius 2 is 1.95 bits per heavy atom. The molecule has 7 heteroatoms. The second kappa shape index (κ2) is 9.15. The summed E-state index contributed by atoms with van der Waals surface area (Å²) in [5, 5.41) is 10.8. The Kier molecular flexibility index (Phi) is 8.32. The van der Waals surface area contributed by atoms with Gasteiger partial charge in [-0.25, -0.2) is 14.5 Å². The molecule has 0 radical (unpaired) electrons.